The molecule has 1 aliphatic carbocycles. The molecule has 0 saturated heterocycles. The molecule has 1 aromatic rings. The molecule has 3 heteroatoms. The smallest absolute Gasteiger partial charge is 0.118 e. The highest BCUT2D eigenvalue weighted by Crippen LogP contribution is 2.22. The van der Waals surface area contributed by atoms with E-state index in [2.05, 4.69) is 18.0 Å². The molecular formula is C13H22N2O. The van der Waals surface area contributed by atoms with Crippen molar-refractivity contribution in [3.8, 4) is 0 Å². The number of aryl methyl sites for hydroxylation is 1. The van der Waals surface area contributed by atoms with E-state index in [9.17, 15) is 0 Å². The lowest BCUT2D eigenvalue weighted by atomic mass is 9.90. The number of hydrogen-bond donors (Lipinski definition) is 1. The predicted octanol–water partition coefficient (Wildman–Crippen LogP) is 2.29. The van der Waals surface area contributed by atoms with Gasteiger partial charge in [-0.2, -0.15) is 0 Å². The second-order valence-electron chi connectivity index (χ2n) is 4.94. The fourth-order valence-electron chi connectivity index (χ4n) is 2.62. The van der Waals surface area contributed by atoms with Crippen molar-refractivity contribution in [2.24, 2.45) is 5.73 Å². The monoisotopic (exact) mass is 222 g/mol. The maximum Gasteiger partial charge on any atom is 0.118 e. The van der Waals surface area contributed by atoms with E-state index < -0.39 is 0 Å². The molecule has 0 radical (unpaired) electrons. The van der Waals surface area contributed by atoms with Crippen LogP contribution in [0, 0.1) is 6.92 Å². The molecule has 0 aromatic carbocycles. The van der Waals surface area contributed by atoms with Crippen LogP contribution in [0.15, 0.2) is 16.5 Å². The predicted molar refractivity (Wildman–Crippen MR) is 65.1 cm³/mol. The molecule has 1 saturated carbocycles. The summed E-state index contributed by atoms with van der Waals surface area (Å²) in [5.41, 5.74) is 6.17. The Balaban J connectivity index is 1.93. The minimum Gasteiger partial charge on any atom is -0.465 e. The van der Waals surface area contributed by atoms with Gasteiger partial charge in [0, 0.05) is 12.1 Å². The van der Waals surface area contributed by atoms with Gasteiger partial charge in [0.05, 0.1) is 6.54 Å². The number of nitrogens with zero attached hydrogens (tertiary/aromatic N) is 1. The molecule has 0 bridgehead atoms. The second-order valence-corrected chi connectivity index (χ2v) is 4.94. The van der Waals surface area contributed by atoms with Crippen molar-refractivity contribution in [3.63, 3.8) is 0 Å². The Morgan fingerprint density at radius 2 is 2.12 bits per heavy atom. The molecule has 2 N–H and O–H groups in total. The molecule has 90 valence electrons. The molecule has 16 heavy (non-hydrogen) atoms. The molecule has 1 aromatic heterocycles. The van der Waals surface area contributed by atoms with Crippen LogP contribution in [0.4, 0.5) is 0 Å². The highest BCUT2D eigenvalue weighted by atomic mass is 16.3. The van der Waals surface area contributed by atoms with Gasteiger partial charge >= 0.3 is 0 Å². The van der Waals surface area contributed by atoms with Gasteiger partial charge in [0.1, 0.15) is 11.5 Å². The van der Waals surface area contributed by atoms with E-state index in [0.717, 1.165) is 24.5 Å². The number of nitrogens with two attached hydrogens (primary N) is 1. The van der Waals surface area contributed by atoms with Crippen LogP contribution in [0.1, 0.15) is 37.2 Å². The topological polar surface area (TPSA) is 42.4 Å². The van der Waals surface area contributed by atoms with Gasteiger partial charge in [-0.1, -0.05) is 12.8 Å². The normalized spacial score (nSPS) is 26.2. The minimum absolute atomic E-state index is 0.329. The zero-order valence-corrected chi connectivity index (χ0v) is 10.3. The van der Waals surface area contributed by atoms with Crippen molar-refractivity contribution >= 4 is 0 Å². The lowest BCUT2D eigenvalue weighted by Gasteiger charge is -2.35. The van der Waals surface area contributed by atoms with Gasteiger partial charge in [0.2, 0.25) is 0 Å². The van der Waals surface area contributed by atoms with Crippen LogP contribution in [-0.4, -0.2) is 24.0 Å². The highest BCUT2D eigenvalue weighted by molar-refractivity contribution is 5.05. The third-order valence-electron chi connectivity index (χ3n) is 3.55. The van der Waals surface area contributed by atoms with Crippen LogP contribution in [0.3, 0.4) is 0 Å². The lowest BCUT2D eigenvalue weighted by Crippen LogP contribution is -2.47. The van der Waals surface area contributed by atoms with E-state index >= 15 is 0 Å². The Morgan fingerprint density at radius 1 is 1.38 bits per heavy atom. The first-order chi connectivity index (χ1) is 7.66. The van der Waals surface area contributed by atoms with Crippen molar-refractivity contribution in [2.45, 2.75) is 51.2 Å². The summed E-state index contributed by atoms with van der Waals surface area (Å²) >= 11 is 0. The Hall–Kier alpha value is -0.800. The third-order valence-corrected chi connectivity index (χ3v) is 3.55. The number of likely N-dealkylation sites (N-methyl/N-ethyl adjacent to an activating group) is 1. The maximum absolute atomic E-state index is 6.17. The molecule has 2 atom stereocenters. The van der Waals surface area contributed by atoms with Crippen LogP contribution in [0.2, 0.25) is 0 Å². The molecule has 2 rings (SSSR count). The average molecular weight is 222 g/mol. The van der Waals surface area contributed by atoms with Crippen LogP contribution in [-0.2, 0) is 6.54 Å². The van der Waals surface area contributed by atoms with E-state index in [0.29, 0.717) is 12.1 Å². The first kappa shape index (κ1) is 11.7. The number of rotatable bonds is 3. The molecule has 1 aliphatic rings. The van der Waals surface area contributed by atoms with Gasteiger partial charge in [0.25, 0.3) is 0 Å². The molecule has 0 amide bonds. The van der Waals surface area contributed by atoms with Crippen LogP contribution in [0.25, 0.3) is 0 Å². The molecule has 0 spiro atoms. The largest absolute Gasteiger partial charge is 0.465 e. The van der Waals surface area contributed by atoms with Crippen LogP contribution >= 0.6 is 0 Å². The highest BCUT2D eigenvalue weighted by Gasteiger charge is 2.25. The van der Waals surface area contributed by atoms with Gasteiger partial charge in [-0.15, -0.1) is 0 Å². The SMILES string of the molecule is Cc1ccc(CN(C)C2CCCCC2N)o1. The van der Waals surface area contributed by atoms with Gasteiger partial charge in [-0.25, -0.2) is 0 Å². The van der Waals surface area contributed by atoms with Crippen LogP contribution in [0.5, 0.6) is 0 Å². The summed E-state index contributed by atoms with van der Waals surface area (Å²) in [4.78, 5) is 2.34. The van der Waals surface area contributed by atoms with Crippen molar-refractivity contribution in [3.05, 3.63) is 23.7 Å². The van der Waals surface area contributed by atoms with Crippen molar-refractivity contribution in [1.82, 2.24) is 4.90 Å². The summed E-state index contributed by atoms with van der Waals surface area (Å²) in [5, 5.41) is 0. The second kappa shape index (κ2) is 5.02. The van der Waals surface area contributed by atoms with E-state index in [1.807, 2.05) is 13.0 Å². The minimum atomic E-state index is 0.329. The fourth-order valence-corrected chi connectivity index (χ4v) is 2.62. The van der Waals surface area contributed by atoms with Crippen molar-refractivity contribution < 1.29 is 4.42 Å². The average Bonchev–Trinajstić information content (AvgIpc) is 2.64. The lowest BCUT2D eigenvalue weighted by molar-refractivity contribution is 0.152. The van der Waals surface area contributed by atoms with Crippen LogP contribution < -0.4 is 5.73 Å². The van der Waals surface area contributed by atoms with E-state index in [4.69, 9.17) is 10.2 Å². The summed E-state index contributed by atoms with van der Waals surface area (Å²) in [6, 6.07) is 4.92. The summed E-state index contributed by atoms with van der Waals surface area (Å²) in [6.07, 6.45) is 4.97. The van der Waals surface area contributed by atoms with Crippen molar-refractivity contribution in [1.29, 1.82) is 0 Å². The first-order valence-electron chi connectivity index (χ1n) is 6.18. The van der Waals surface area contributed by atoms with Gasteiger partial charge < -0.3 is 10.2 Å². The summed E-state index contributed by atoms with van der Waals surface area (Å²) in [5.74, 6) is 2.02. The Labute approximate surface area is 97.6 Å². The molecule has 1 fully saturated rings. The van der Waals surface area contributed by atoms with Crippen molar-refractivity contribution in [2.75, 3.05) is 7.05 Å². The molecule has 3 nitrogen and oxygen atoms in total. The van der Waals surface area contributed by atoms with E-state index in [1.54, 1.807) is 0 Å². The van der Waals surface area contributed by atoms with Gasteiger partial charge in [-0.05, 0) is 38.9 Å². The first-order valence-corrected chi connectivity index (χ1v) is 6.18. The van der Waals surface area contributed by atoms with Gasteiger partial charge in [0.15, 0.2) is 0 Å². The molecular weight excluding hydrogens is 200 g/mol. The third kappa shape index (κ3) is 2.66. The number of furan rings is 1. The summed E-state index contributed by atoms with van der Waals surface area (Å²) < 4.78 is 5.60. The van der Waals surface area contributed by atoms with E-state index in [-0.39, 0.29) is 0 Å². The molecule has 1 heterocycles. The Bertz CT molecular complexity index is 334. The fraction of sp³-hybridized carbons (Fsp3) is 0.692. The summed E-state index contributed by atoms with van der Waals surface area (Å²) in [6.45, 7) is 2.85. The van der Waals surface area contributed by atoms with E-state index in [1.165, 1.54) is 19.3 Å². The molecule has 2 unspecified atom stereocenters. The maximum atomic E-state index is 6.17. The zero-order chi connectivity index (χ0) is 11.5. The molecule has 0 aliphatic heterocycles. The zero-order valence-electron chi connectivity index (χ0n) is 10.3. The standard InChI is InChI=1S/C13H22N2O/c1-10-7-8-11(16-10)9-15(2)13-6-4-3-5-12(13)14/h7-8,12-13H,3-6,9,14H2,1-2H3. The Morgan fingerprint density at radius 3 is 2.75 bits per heavy atom. The quantitative estimate of drug-likeness (QED) is 0.853. The summed E-state index contributed by atoms with van der Waals surface area (Å²) in [7, 11) is 2.15. The van der Waals surface area contributed by atoms with Gasteiger partial charge in [-0.3, -0.25) is 4.90 Å². The number of hydrogen-bond acceptors (Lipinski definition) is 3. The Kier molecular flexibility index (Phi) is 3.66.